The quantitative estimate of drug-likeness (QED) is 0.532. The van der Waals surface area contributed by atoms with Crippen molar-refractivity contribution in [2.45, 2.75) is 71.7 Å². The van der Waals surface area contributed by atoms with Gasteiger partial charge in [-0.2, -0.15) is 0 Å². The number of benzene rings is 1. The van der Waals surface area contributed by atoms with Crippen LogP contribution in [0.2, 0.25) is 0 Å². The average molecular weight is 522 g/mol. The molecule has 1 fully saturated rings. The molecule has 9 heteroatoms. The number of pyridine rings is 1. The summed E-state index contributed by atoms with van der Waals surface area (Å²) in [5.41, 5.74) is 5.68. The van der Waals surface area contributed by atoms with E-state index in [2.05, 4.69) is 22.1 Å². The van der Waals surface area contributed by atoms with Crippen molar-refractivity contribution in [3.8, 4) is 0 Å². The first-order chi connectivity index (χ1) is 18.1. The first kappa shape index (κ1) is 27.7. The van der Waals surface area contributed by atoms with Gasteiger partial charge < -0.3 is 15.4 Å². The fourth-order valence-electron chi connectivity index (χ4n) is 4.77. The van der Waals surface area contributed by atoms with Crippen LogP contribution in [-0.4, -0.2) is 59.1 Å². The van der Waals surface area contributed by atoms with E-state index in [4.69, 9.17) is 9.72 Å². The highest BCUT2D eigenvalue weighted by molar-refractivity contribution is 5.90. The summed E-state index contributed by atoms with van der Waals surface area (Å²) in [5.74, 6) is -0.812. The first-order valence-electron chi connectivity index (χ1n) is 13.5. The number of ether oxygens (including phenoxy) is 1. The predicted molar refractivity (Wildman–Crippen MR) is 147 cm³/mol. The molecule has 9 nitrogen and oxygen atoms in total. The fourth-order valence-corrected chi connectivity index (χ4v) is 4.77. The third kappa shape index (κ3) is 6.57. The molecule has 1 aromatic heterocycles. The predicted octanol–water partition coefficient (Wildman–Crippen LogP) is 3.12. The molecule has 2 unspecified atom stereocenters. The fraction of sp³-hybridized carbons (Fsp3) is 0.517. The lowest BCUT2D eigenvalue weighted by Gasteiger charge is -2.35. The molecule has 2 aromatic rings. The Kier molecular flexibility index (Phi) is 8.79. The van der Waals surface area contributed by atoms with Gasteiger partial charge in [0.05, 0.1) is 23.9 Å². The van der Waals surface area contributed by atoms with Crippen molar-refractivity contribution < 1.29 is 19.1 Å². The van der Waals surface area contributed by atoms with Crippen LogP contribution in [0.4, 0.5) is 0 Å². The third-order valence-electron chi connectivity index (χ3n) is 7.06. The minimum absolute atomic E-state index is 0.0666. The van der Waals surface area contributed by atoms with E-state index in [0.717, 1.165) is 22.2 Å². The summed E-state index contributed by atoms with van der Waals surface area (Å²) in [5, 5.41) is 8.31. The smallest absolute Gasteiger partial charge is 0.258 e. The van der Waals surface area contributed by atoms with Gasteiger partial charge in [-0.15, -0.1) is 0 Å². The molecule has 2 aliphatic rings. The summed E-state index contributed by atoms with van der Waals surface area (Å²) < 4.78 is 6.03. The Hall–Kier alpha value is -3.30. The summed E-state index contributed by atoms with van der Waals surface area (Å²) in [6, 6.07) is 8.40. The normalized spacial score (nSPS) is 28.7. The molecule has 0 radical (unpaired) electrons. The van der Waals surface area contributed by atoms with E-state index in [9.17, 15) is 14.4 Å². The van der Waals surface area contributed by atoms with Crippen LogP contribution in [-0.2, 0) is 19.1 Å². The number of amides is 3. The van der Waals surface area contributed by atoms with Gasteiger partial charge in [0.2, 0.25) is 11.8 Å². The van der Waals surface area contributed by atoms with Crippen molar-refractivity contribution in [2.24, 2.45) is 11.8 Å². The van der Waals surface area contributed by atoms with Crippen LogP contribution >= 0.6 is 0 Å². The molecule has 1 aromatic carbocycles. The Labute approximate surface area is 224 Å². The van der Waals surface area contributed by atoms with Gasteiger partial charge in [0.1, 0.15) is 18.2 Å². The Bertz CT molecular complexity index is 1210. The number of carbonyl (C=O) groups excluding carboxylic acids is 3. The standard InChI is InChI=1S/C29H39N5O4/c1-17(2)26-28(36)31-20(5)29(37)34-14-6-7-24(33-34)27(35)30-19(4)23-13-12-22-11-10-21(15-25(22)32-23)9-8-18(3)16-38-26/h8-13,15,17-20,24,26,33H,6-7,14,16H2,1-5H3,(H,30,35)(H,31,36)/b9-8+/t18?,19-,20+,24+,26?/m1/s1. The Balaban J connectivity index is 1.64. The number of carbonyl (C=O) groups is 3. The van der Waals surface area contributed by atoms with Crippen LogP contribution in [0.1, 0.15) is 64.8 Å². The number of nitrogens with one attached hydrogen (secondary N) is 3. The third-order valence-corrected chi connectivity index (χ3v) is 7.06. The number of hydrogen-bond acceptors (Lipinski definition) is 6. The van der Waals surface area contributed by atoms with Crippen LogP contribution in [0.3, 0.4) is 0 Å². The van der Waals surface area contributed by atoms with E-state index in [0.29, 0.717) is 26.0 Å². The van der Waals surface area contributed by atoms with E-state index >= 15 is 0 Å². The molecule has 0 aliphatic carbocycles. The van der Waals surface area contributed by atoms with Crippen LogP contribution in [0.5, 0.6) is 0 Å². The van der Waals surface area contributed by atoms with Gasteiger partial charge in [0.25, 0.3) is 5.91 Å². The van der Waals surface area contributed by atoms with Gasteiger partial charge in [0, 0.05) is 11.9 Å². The largest absolute Gasteiger partial charge is 0.368 e. The Morgan fingerprint density at radius 1 is 1.00 bits per heavy atom. The minimum Gasteiger partial charge on any atom is -0.368 e. The molecular formula is C29H39N5O4. The maximum atomic E-state index is 13.1. The van der Waals surface area contributed by atoms with E-state index < -0.39 is 18.2 Å². The summed E-state index contributed by atoms with van der Waals surface area (Å²) in [7, 11) is 0. The summed E-state index contributed by atoms with van der Waals surface area (Å²) >= 11 is 0. The molecule has 204 valence electrons. The molecule has 4 rings (SSSR count). The minimum atomic E-state index is -0.769. The zero-order valence-corrected chi connectivity index (χ0v) is 22.9. The van der Waals surface area contributed by atoms with Gasteiger partial charge in [0.15, 0.2) is 0 Å². The first-order valence-corrected chi connectivity index (χ1v) is 13.5. The molecule has 2 aliphatic heterocycles. The zero-order valence-electron chi connectivity index (χ0n) is 22.9. The van der Waals surface area contributed by atoms with Gasteiger partial charge in [-0.1, -0.05) is 51.1 Å². The van der Waals surface area contributed by atoms with Crippen LogP contribution < -0.4 is 16.1 Å². The lowest BCUT2D eigenvalue weighted by Crippen LogP contribution is -2.61. The number of aromatic nitrogens is 1. The lowest BCUT2D eigenvalue weighted by molar-refractivity contribution is -0.146. The van der Waals surface area contributed by atoms with Crippen molar-refractivity contribution in [3.63, 3.8) is 0 Å². The molecule has 3 N–H and O–H groups in total. The van der Waals surface area contributed by atoms with Crippen molar-refractivity contribution >= 4 is 34.7 Å². The second-order valence-electron chi connectivity index (χ2n) is 10.8. The molecule has 38 heavy (non-hydrogen) atoms. The van der Waals surface area contributed by atoms with E-state index in [1.807, 2.05) is 64.1 Å². The topological polar surface area (TPSA) is 113 Å². The second kappa shape index (κ2) is 12.0. The number of rotatable bonds is 1. The van der Waals surface area contributed by atoms with Crippen LogP contribution in [0, 0.1) is 11.8 Å². The summed E-state index contributed by atoms with van der Waals surface area (Å²) in [6.45, 7) is 10.3. The number of fused-ring (bicyclic) bond motifs is 4. The lowest BCUT2D eigenvalue weighted by atomic mass is 10.0. The molecule has 0 spiro atoms. The highest BCUT2D eigenvalue weighted by atomic mass is 16.5. The maximum Gasteiger partial charge on any atom is 0.258 e. The number of nitrogens with zero attached hydrogens (tertiary/aromatic N) is 2. The summed E-state index contributed by atoms with van der Waals surface area (Å²) in [4.78, 5) is 44.1. The van der Waals surface area contributed by atoms with E-state index in [1.54, 1.807) is 6.92 Å². The highest BCUT2D eigenvalue weighted by Crippen LogP contribution is 2.20. The molecule has 1 saturated heterocycles. The van der Waals surface area contributed by atoms with Crippen LogP contribution in [0.25, 0.3) is 17.0 Å². The zero-order chi connectivity index (χ0) is 27.4. The highest BCUT2D eigenvalue weighted by Gasteiger charge is 2.33. The van der Waals surface area contributed by atoms with Crippen molar-refractivity contribution in [2.75, 3.05) is 13.2 Å². The molecule has 5 bridgehead atoms. The van der Waals surface area contributed by atoms with Crippen molar-refractivity contribution in [3.05, 3.63) is 47.7 Å². The van der Waals surface area contributed by atoms with Crippen molar-refractivity contribution in [1.82, 2.24) is 26.1 Å². The number of hydrazine groups is 1. The SMILES string of the molecule is CC1/C=C/c2ccc3ccc(nc3c2)[C@@H](C)NC(=O)[C@@H]2CCCN(N2)C(=O)[C@H](C)NC(=O)C(C(C)C)OC1. The average Bonchev–Trinajstić information content (AvgIpc) is 2.90. The van der Waals surface area contributed by atoms with Crippen LogP contribution in [0.15, 0.2) is 36.4 Å². The second-order valence-corrected chi connectivity index (χ2v) is 10.8. The molecule has 3 amide bonds. The Morgan fingerprint density at radius 2 is 1.74 bits per heavy atom. The number of hydrogen-bond donors (Lipinski definition) is 3. The van der Waals surface area contributed by atoms with Gasteiger partial charge in [-0.3, -0.25) is 24.4 Å². The van der Waals surface area contributed by atoms with Gasteiger partial charge in [-0.05, 0) is 56.2 Å². The van der Waals surface area contributed by atoms with Crippen molar-refractivity contribution in [1.29, 1.82) is 0 Å². The van der Waals surface area contributed by atoms with E-state index in [-0.39, 0.29) is 35.6 Å². The molecule has 0 saturated carbocycles. The Morgan fingerprint density at radius 3 is 2.50 bits per heavy atom. The van der Waals surface area contributed by atoms with E-state index in [1.165, 1.54) is 5.01 Å². The van der Waals surface area contributed by atoms with Gasteiger partial charge in [-0.25, -0.2) is 5.43 Å². The maximum absolute atomic E-state index is 13.1. The van der Waals surface area contributed by atoms with Gasteiger partial charge >= 0.3 is 0 Å². The molecular weight excluding hydrogens is 482 g/mol. The molecule has 5 atom stereocenters. The summed E-state index contributed by atoms with van der Waals surface area (Å²) in [6.07, 6.45) is 4.67. The molecule has 3 heterocycles. The monoisotopic (exact) mass is 521 g/mol.